The lowest BCUT2D eigenvalue weighted by molar-refractivity contribution is -0.170. The Morgan fingerprint density at radius 1 is 1.35 bits per heavy atom. The van der Waals surface area contributed by atoms with Crippen molar-refractivity contribution in [2.75, 3.05) is 6.54 Å². The average molecular weight is 252 g/mol. The summed E-state index contributed by atoms with van der Waals surface area (Å²) in [5, 5.41) is 5.21. The third-order valence-electron chi connectivity index (χ3n) is 2.80. The van der Waals surface area contributed by atoms with E-state index in [0.29, 0.717) is 19.0 Å². The van der Waals surface area contributed by atoms with Crippen LogP contribution >= 0.6 is 0 Å². The van der Waals surface area contributed by atoms with E-state index >= 15 is 0 Å². The molecular weight excluding hydrogens is 233 g/mol. The molecule has 6 heteroatoms. The molecule has 0 aliphatic heterocycles. The minimum atomic E-state index is -4.32. The highest BCUT2D eigenvalue weighted by atomic mass is 19.4. The van der Waals surface area contributed by atoms with Gasteiger partial charge in [-0.05, 0) is 25.8 Å². The Hall–Kier alpha value is -0.780. The Kier molecular flexibility index (Phi) is 4.41. The van der Waals surface area contributed by atoms with Crippen molar-refractivity contribution in [1.82, 2.24) is 10.6 Å². The summed E-state index contributed by atoms with van der Waals surface area (Å²) >= 11 is 0. The molecule has 1 saturated carbocycles. The standard InChI is InChI=1S/C11H19F3N2O/c1-8(2)15-7-3-4-9(17)16-10(5-6-10)11(12,13)14/h8,15H,3-7H2,1-2H3,(H,16,17). The topological polar surface area (TPSA) is 41.1 Å². The maximum Gasteiger partial charge on any atom is 0.411 e. The van der Waals surface area contributed by atoms with Gasteiger partial charge in [-0.1, -0.05) is 13.8 Å². The first-order valence-electron chi connectivity index (χ1n) is 5.88. The molecule has 1 aliphatic rings. The molecule has 0 unspecified atom stereocenters. The molecule has 17 heavy (non-hydrogen) atoms. The quantitative estimate of drug-likeness (QED) is 0.710. The summed E-state index contributed by atoms with van der Waals surface area (Å²) in [5.41, 5.74) is -1.92. The van der Waals surface area contributed by atoms with Crippen molar-refractivity contribution in [2.24, 2.45) is 0 Å². The summed E-state index contributed by atoms with van der Waals surface area (Å²) in [4.78, 5) is 11.4. The second kappa shape index (κ2) is 5.25. The van der Waals surface area contributed by atoms with Gasteiger partial charge in [0.15, 0.2) is 0 Å². The van der Waals surface area contributed by atoms with Crippen LogP contribution < -0.4 is 10.6 Å². The van der Waals surface area contributed by atoms with Gasteiger partial charge in [-0.25, -0.2) is 0 Å². The molecular formula is C11H19F3N2O. The lowest BCUT2D eigenvalue weighted by Crippen LogP contribution is -2.47. The van der Waals surface area contributed by atoms with Crippen LogP contribution in [-0.4, -0.2) is 30.2 Å². The molecule has 0 bridgehead atoms. The van der Waals surface area contributed by atoms with E-state index in [4.69, 9.17) is 0 Å². The van der Waals surface area contributed by atoms with Gasteiger partial charge < -0.3 is 10.6 Å². The number of carbonyl (C=O) groups excluding carboxylic acids is 1. The number of rotatable bonds is 6. The second-order valence-electron chi connectivity index (χ2n) is 4.84. The van der Waals surface area contributed by atoms with Gasteiger partial charge in [0, 0.05) is 12.5 Å². The maximum absolute atomic E-state index is 12.5. The third-order valence-corrected chi connectivity index (χ3v) is 2.80. The van der Waals surface area contributed by atoms with E-state index in [1.54, 1.807) is 0 Å². The number of amides is 1. The molecule has 0 aromatic rings. The maximum atomic E-state index is 12.5. The predicted molar refractivity (Wildman–Crippen MR) is 58.5 cm³/mol. The smallest absolute Gasteiger partial charge is 0.342 e. The van der Waals surface area contributed by atoms with Crippen molar-refractivity contribution in [3.63, 3.8) is 0 Å². The summed E-state index contributed by atoms with van der Waals surface area (Å²) in [6.45, 7) is 4.59. The van der Waals surface area contributed by atoms with Crippen LogP contribution in [0.15, 0.2) is 0 Å². The van der Waals surface area contributed by atoms with Gasteiger partial charge in [0.1, 0.15) is 5.54 Å². The predicted octanol–water partition coefficient (Wildman–Crippen LogP) is 1.98. The summed E-state index contributed by atoms with van der Waals surface area (Å²) < 4.78 is 37.6. The first-order chi connectivity index (χ1) is 7.77. The van der Waals surface area contributed by atoms with E-state index < -0.39 is 17.6 Å². The normalized spacial score (nSPS) is 18.2. The van der Waals surface area contributed by atoms with Crippen LogP contribution in [0, 0.1) is 0 Å². The fourth-order valence-electron chi connectivity index (χ4n) is 1.57. The van der Waals surface area contributed by atoms with E-state index in [0.717, 1.165) is 0 Å². The van der Waals surface area contributed by atoms with Crippen molar-refractivity contribution < 1.29 is 18.0 Å². The van der Waals surface area contributed by atoms with Crippen molar-refractivity contribution in [1.29, 1.82) is 0 Å². The Balaban J connectivity index is 2.22. The molecule has 0 heterocycles. The van der Waals surface area contributed by atoms with Crippen molar-refractivity contribution in [3.05, 3.63) is 0 Å². The lowest BCUT2D eigenvalue weighted by Gasteiger charge is -2.20. The fraction of sp³-hybridized carbons (Fsp3) is 0.909. The van der Waals surface area contributed by atoms with Gasteiger partial charge in [0.2, 0.25) is 5.91 Å². The molecule has 1 aliphatic carbocycles. The van der Waals surface area contributed by atoms with E-state index in [-0.39, 0.29) is 19.3 Å². The Morgan fingerprint density at radius 2 is 1.94 bits per heavy atom. The van der Waals surface area contributed by atoms with Crippen LogP contribution in [-0.2, 0) is 4.79 Å². The van der Waals surface area contributed by atoms with Crippen LogP contribution in [0.2, 0.25) is 0 Å². The second-order valence-corrected chi connectivity index (χ2v) is 4.84. The number of alkyl halides is 3. The minimum absolute atomic E-state index is 0.00643. The monoisotopic (exact) mass is 252 g/mol. The van der Waals surface area contributed by atoms with Crippen LogP contribution in [0.25, 0.3) is 0 Å². The van der Waals surface area contributed by atoms with Crippen molar-refractivity contribution in [2.45, 2.75) is 57.3 Å². The zero-order chi connectivity index (χ0) is 13.1. The highest BCUT2D eigenvalue weighted by Crippen LogP contribution is 2.48. The molecule has 1 rings (SSSR count). The van der Waals surface area contributed by atoms with Crippen molar-refractivity contribution >= 4 is 5.91 Å². The highest BCUT2D eigenvalue weighted by Gasteiger charge is 2.64. The highest BCUT2D eigenvalue weighted by molar-refractivity contribution is 5.77. The minimum Gasteiger partial charge on any atom is -0.342 e. The number of halogens is 3. The first kappa shape index (κ1) is 14.3. The zero-order valence-electron chi connectivity index (χ0n) is 10.2. The molecule has 0 aromatic heterocycles. The number of carbonyl (C=O) groups is 1. The molecule has 1 fully saturated rings. The number of hydrogen-bond donors (Lipinski definition) is 2. The third kappa shape index (κ3) is 4.18. The SMILES string of the molecule is CC(C)NCCCC(=O)NC1(C(F)(F)F)CC1. The molecule has 0 saturated heterocycles. The van der Waals surface area contributed by atoms with E-state index in [2.05, 4.69) is 10.6 Å². The molecule has 3 nitrogen and oxygen atoms in total. The van der Waals surface area contributed by atoms with E-state index in [1.165, 1.54) is 0 Å². The van der Waals surface area contributed by atoms with Gasteiger partial charge in [0.05, 0.1) is 0 Å². The van der Waals surface area contributed by atoms with E-state index in [9.17, 15) is 18.0 Å². The van der Waals surface area contributed by atoms with Gasteiger partial charge in [-0.2, -0.15) is 13.2 Å². The lowest BCUT2D eigenvalue weighted by atomic mass is 10.2. The summed E-state index contributed by atoms with van der Waals surface area (Å²) in [6, 6.07) is 0.322. The largest absolute Gasteiger partial charge is 0.411 e. The van der Waals surface area contributed by atoms with Crippen LogP contribution in [0.4, 0.5) is 13.2 Å². The fourth-order valence-corrected chi connectivity index (χ4v) is 1.57. The molecule has 0 atom stereocenters. The molecule has 0 radical (unpaired) electrons. The molecule has 0 aromatic carbocycles. The number of nitrogens with one attached hydrogen (secondary N) is 2. The summed E-state index contributed by atoms with van der Waals surface area (Å²) in [6.07, 6.45) is -3.62. The Bertz CT molecular complexity index is 272. The van der Waals surface area contributed by atoms with Gasteiger partial charge in [0.25, 0.3) is 0 Å². The Morgan fingerprint density at radius 3 is 2.35 bits per heavy atom. The molecule has 2 N–H and O–H groups in total. The number of hydrogen-bond acceptors (Lipinski definition) is 2. The first-order valence-corrected chi connectivity index (χ1v) is 5.88. The summed E-state index contributed by atoms with van der Waals surface area (Å²) in [7, 11) is 0. The van der Waals surface area contributed by atoms with Gasteiger partial charge in [-0.15, -0.1) is 0 Å². The summed E-state index contributed by atoms with van der Waals surface area (Å²) in [5.74, 6) is -0.509. The van der Waals surface area contributed by atoms with Crippen LogP contribution in [0.5, 0.6) is 0 Å². The molecule has 1 amide bonds. The molecule has 0 spiro atoms. The van der Waals surface area contributed by atoms with Crippen molar-refractivity contribution in [3.8, 4) is 0 Å². The van der Waals surface area contributed by atoms with Gasteiger partial charge in [-0.3, -0.25) is 4.79 Å². The Labute approximate surface area is 99.1 Å². The van der Waals surface area contributed by atoms with Crippen LogP contribution in [0.1, 0.15) is 39.5 Å². The van der Waals surface area contributed by atoms with Gasteiger partial charge >= 0.3 is 6.18 Å². The molecule has 100 valence electrons. The van der Waals surface area contributed by atoms with Crippen LogP contribution in [0.3, 0.4) is 0 Å². The van der Waals surface area contributed by atoms with E-state index in [1.807, 2.05) is 13.8 Å². The average Bonchev–Trinajstić information content (AvgIpc) is 2.92. The zero-order valence-corrected chi connectivity index (χ0v) is 10.2.